The lowest BCUT2D eigenvalue weighted by atomic mass is 9.78. The van der Waals surface area contributed by atoms with Crippen molar-refractivity contribution in [1.82, 2.24) is 5.32 Å². The van der Waals surface area contributed by atoms with Gasteiger partial charge in [0, 0.05) is 11.0 Å². The molecule has 1 aliphatic heterocycles. The molecule has 0 aromatic heterocycles. The molecule has 1 fully saturated rings. The van der Waals surface area contributed by atoms with Crippen molar-refractivity contribution in [3.8, 4) is 0 Å². The Morgan fingerprint density at radius 1 is 1.04 bits per heavy atom. The van der Waals surface area contributed by atoms with E-state index in [1.165, 1.54) is 12.1 Å². The predicted octanol–water partition coefficient (Wildman–Crippen LogP) is 2.79. The lowest BCUT2D eigenvalue weighted by Gasteiger charge is -2.32. The molecule has 2 rings (SSSR count). The molecule has 4 nitrogen and oxygen atoms in total. The lowest BCUT2D eigenvalue weighted by Crippen LogP contribution is -2.42. The first-order chi connectivity index (χ1) is 10.8. The second-order valence-electron chi connectivity index (χ2n) is 8.12. The molecule has 132 valence electrons. The minimum Gasteiger partial charge on any atom is -0.399 e. The van der Waals surface area contributed by atoms with Gasteiger partial charge in [-0.25, -0.2) is 8.78 Å². The van der Waals surface area contributed by atoms with Gasteiger partial charge in [0.1, 0.15) is 0 Å². The molecule has 1 heterocycles. The highest BCUT2D eigenvalue weighted by atomic mass is 19.2. The third-order valence-electron chi connectivity index (χ3n) is 4.35. The van der Waals surface area contributed by atoms with E-state index in [2.05, 4.69) is 5.32 Å². The maximum atomic E-state index is 14.5. The minimum atomic E-state index is -1.20. The third-order valence-corrected chi connectivity index (χ3v) is 4.35. The molecule has 0 bridgehead atoms. The highest BCUT2D eigenvalue weighted by molar-refractivity contribution is 6.62. The van der Waals surface area contributed by atoms with Gasteiger partial charge in [0.25, 0.3) is 5.91 Å². The molecule has 1 aliphatic rings. The number of carbonyl (C=O) groups is 1. The van der Waals surface area contributed by atoms with Crippen LogP contribution in [0.15, 0.2) is 12.1 Å². The van der Waals surface area contributed by atoms with Crippen molar-refractivity contribution in [1.29, 1.82) is 0 Å². The molecule has 1 saturated heterocycles. The van der Waals surface area contributed by atoms with Crippen LogP contribution in [0.25, 0.3) is 0 Å². The Morgan fingerprint density at radius 2 is 1.54 bits per heavy atom. The molecule has 0 radical (unpaired) electrons. The van der Waals surface area contributed by atoms with Gasteiger partial charge in [-0.2, -0.15) is 0 Å². The van der Waals surface area contributed by atoms with Gasteiger partial charge in [-0.05, 0) is 54.5 Å². The van der Waals surface area contributed by atoms with Gasteiger partial charge in [0.2, 0.25) is 0 Å². The maximum absolute atomic E-state index is 14.5. The van der Waals surface area contributed by atoms with Crippen molar-refractivity contribution in [2.75, 3.05) is 0 Å². The van der Waals surface area contributed by atoms with Crippen LogP contribution in [0.5, 0.6) is 0 Å². The summed E-state index contributed by atoms with van der Waals surface area (Å²) in [5, 5.41) is 2.61. The molecule has 0 atom stereocenters. The van der Waals surface area contributed by atoms with E-state index in [0.29, 0.717) is 0 Å². The molecule has 1 amide bonds. The van der Waals surface area contributed by atoms with Gasteiger partial charge >= 0.3 is 7.12 Å². The zero-order chi connectivity index (χ0) is 18.5. The Bertz CT molecular complexity index is 653. The van der Waals surface area contributed by atoms with Crippen LogP contribution in [-0.2, 0) is 9.31 Å². The SMILES string of the molecule is CC(C)(C)NC(=O)c1ccc(B2OC(C)(C)C(C)(C)O2)c(F)c1F. The van der Waals surface area contributed by atoms with Crippen LogP contribution in [0.1, 0.15) is 58.8 Å². The normalized spacial score (nSPS) is 19.5. The number of benzene rings is 1. The number of amides is 1. The predicted molar refractivity (Wildman–Crippen MR) is 89.3 cm³/mol. The van der Waals surface area contributed by atoms with E-state index >= 15 is 0 Å². The van der Waals surface area contributed by atoms with Crippen LogP contribution in [-0.4, -0.2) is 29.8 Å². The average molecular weight is 339 g/mol. The summed E-state index contributed by atoms with van der Waals surface area (Å²) in [6.45, 7) is 12.6. The Labute approximate surface area is 142 Å². The van der Waals surface area contributed by atoms with Crippen LogP contribution in [0, 0.1) is 11.6 Å². The monoisotopic (exact) mass is 339 g/mol. The number of hydrogen-bond acceptors (Lipinski definition) is 3. The van der Waals surface area contributed by atoms with Crippen LogP contribution in [0.4, 0.5) is 8.78 Å². The summed E-state index contributed by atoms with van der Waals surface area (Å²) in [4.78, 5) is 12.1. The van der Waals surface area contributed by atoms with E-state index in [4.69, 9.17) is 9.31 Å². The fourth-order valence-electron chi connectivity index (χ4n) is 2.30. The van der Waals surface area contributed by atoms with Gasteiger partial charge in [-0.3, -0.25) is 4.79 Å². The van der Waals surface area contributed by atoms with Crippen LogP contribution in [0.2, 0.25) is 0 Å². The van der Waals surface area contributed by atoms with E-state index in [-0.39, 0.29) is 11.0 Å². The van der Waals surface area contributed by atoms with Gasteiger partial charge < -0.3 is 14.6 Å². The van der Waals surface area contributed by atoms with Crippen molar-refractivity contribution in [3.05, 3.63) is 29.3 Å². The largest absolute Gasteiger partial charge is 0.497 e. The zero-order valence-corrected chi connectivity index (χ0v) is 15.2. The summed E-state index contributed by atoms with van der Waals surface area (Å²) in [7, 11) is -1.02. The first-order valence-corrected chi connectivity index (χ1v) is 7.91. The van der Waals surface area contributed by atoms with Crippen molar-refractivity contribution in [3.63, 3.8) is 0 Å². The number of rotatable bonds is 2. The van der Waals surface area contributed by atoms with Crippen molar-refractivity contribution < 1.29 is 22.9 Å². The summed E-state index contributed by atoms with van der Waals surface area (Å²) < 4.78 is 40.4. The Kier molecular flexibility index (Phi) is 4.57. The van der Waals surface area contributed by atoms with Crippen LogP contribution < -0.4 is 10.8 Å². The highest BCUT2D eigenvalue weighted by Crippen LogP contribution is 2.36. The number of carbonyl (C=O) groups excluding carboxylic acids is 1. The fourth-order valence-corrected chi connectivity index (χ4v) is 2.30. The van der Waals surface area contributed by atoms with E-state index in [1.54, 1.807) is 20.8 Å². The molecule has 1 aromatic carbocycles. The number of hydrogen-bond donors (Lipinski definition) is 1. The fraction of sp³-hybridized carbons (Fsp3) is 0.588. The van der Waals surface area contributed by atoms with E-state index in [9.17, 15) is 13.6 Å². The lowest BCUT2D eigenvalue weighted by molar-refractivity contribution is 0.00578. The summed E-state index contributed by atoms with van der Waals surface area (Å²) >= 11 is 0. The molecule has 24 heavy (non-hydrogen) atoms. The molecule has 1 N–H and O–H groups in total. The topological polar surface area (TPSA) is 47.6 Å². The average Bonchev–Trinajstić information content (AvgIpc) is 2.59. The Hall–Kier alpha value is -1.47. The van der Waals surface area contributed by atoms with E-state index in [0.717, 1.165) is 0 Å². The maximum Gasteiger partial charge on any atom is 0.497 e. The van der Waals surface area contributed by atoms with E-state index in [1.807, 2.05) is 27.7 Å². The van der Waals surface area contributed by atoms with Crippen molar-refractivity contribution in [2.24, 2.45) is 0 Å². The third kappa shape index (κ3) is 3.47. The van der Waals surface area contributed by atoms with Gasteiger partial charge in [-0.15, -0.1) is 0 Å². The summed E-state index contributed by atoms with van der Waals surface area (Å²) in [6, 6.07) is 2.58. The summed E-state index contributed by atoms with van der Waals surface area (Å²) in [5.74, 6) is -3.00. The van der Waals surface area contributed by atoms with Gasteiger partial charge in [0.05, 0.1) is 16.8 Å². The molecular weight excluding hydrogens is 315 g/mol. The van der Waals surface area contributed by atoms with Crippen LogP contribution >= 0.6 is 0 Å². The molecule has 7 heteroatoms. The number of nitrogens with one attached hydrogen (secondary N) is 1. The Balaban J connectivity index is 2.34. The quantitative estimate of drug-likeness (QED) is 0.843. The second kappa shape index (κ2) is 5.81. The van der Waals surface area contributed by atoms with Gasteiger partial charge in [-0.1, -0.05) is 6.07 Å². The molecular formula is C17H24BF2NO3. The minimum absolute atomic E-state index is 0.0570. The van der Waals surface area contributed by atoms with Crippen LogP contribution in [0.3, 0.4) is 0 Å². The molecule has 0 saturated carbocycles. The van der Waals surface area contributed by atoms with Gasteiger partial charge in [0.15, 0.2) is 11.6 Å². The van der Waals surface area contributed by atoms with Crippen molar-refractivity contribution in [2.45, 2.75) is 65.2 Å². The first kappa shape index (κ1) is 18.9. The summed E-state index contributed by atoms with van der Waals surface area (Å²) in [5.41, 5.74) is -2.28. The smallest absolute Gasteiger partial charge is 0.399 e. The van der Waals surface area contributed by atoms with Crippen molar-refractivity contribution >= 4 is 18.5 Å². The van der Waals surface area contributed by atoms with E-state index < -0.39 is 41.4 Å². The zero-order valence-electron chi connectivity index (χ0n) is 15.2. The molecule has 1 aromatic rings. The molecule has 0 aliphatic carbocycles. The molecule has 0 spiro atoms. The Morgan fingerprint density at radius 3 is 2.00 bits per heavy atom. The standard InChI is InChI=1S/C17H24BF2NO3/c1-15(2,3)21-14(22)10-8-9-11(13(20)12(10)19)18-23-16(4,5)17(6,7)24-18/h8-9H,1-7H3,(H,21,22). The number of halogens is 2. The first-order valence-electron chi connectivity index (χ1n) is 7.91. The summed E-state index contributed by atoms with van der Waals surface area (Å²) in [6.07, 6.45) is 0. The highest BCUT2D eigenvalue weighted by Gasteiger charge is 2.52. The second-order valence-corrected chi connectivity index (χ2v) is 8.12. The molecule has 0 unspecified atom stereocenters.